The lowest BCUT2D eigenvalue weighted by Crippen LogP contribution is -2.03. The van der Waals surface area contributed by atoms with Crippen molar-refractivity contribution in [2.24, 2.45) is 0 Å². The van der Waals surface area contributed by atoms with Crippen molar-refractivity contribution < 1.29 is 14.5 Å². The molecule has 0 saturated carbocycles. The Bertz CT molecular complexity index is 439. The molecule has 0 unspecified atom stereocenters. The molecule has 0 aliphatic rings. The predicted octanol–water partition coefficient (Wildman–Crippen LogP) is 3.48. The summed E-state index contributed by atoms with van der Waals surface area (Å²) in [5.74, 6) is 0.482. The van der Waals surface area contributed by atoms with E-state index in [4.69, 9.17) is 4.74 Å². The van der Waals surface area contributed by atoms with Gasteiger partial charge in [0.2, 0.25) is 0 Å². The van der Waals surface area contributed by atoms with Crippen molar-refractivity contribution in [2.75, 3.05) is 6.61 Å². The number of ketones is 1. The molecule has 0 aliphatic heterocycles. The molecule has 0 aromatic heterocycles. The van der Waals surface area contributed by atoms with Gasteiger partial charge in [-0.2, -0.15) is 0 Å². The van der Waals surface area contributed by atoms with Crippen LogP contribution in [0.25, 0.3) is 0 Å². The van der Waals surface area contributed by atoms with Gasteiger partial charge in [-0.25, -0.2) is 0 Å². The Kier molecular flexibility index (Phi) is 5.07. The third-order valence-electron chi connectivity index (χ3n) is 1.89. The number of halogens is 2. The summed E-state index contributed by atoms with van der Waals surface area (Å²) in [6, 6.07) is 2.71. The minimum absolute atomic E-state index is 0.0270. The summed E-state index contributed by atoms with van der Waals surface area (Å²) < 4.78 is 6.32. The molecule has 0 saturated heterocycles. The SMILES string of the molecule is CC(=O)CCOc1c(Br)cc([N+](=O)[O-])cc1Br. The topological polar surface area (TPSA) is 69.4 Å². The zero-order chi connectivity index (χ0) is 13.0. The van der Waals surface area contributed by atoms with Gasteiger partial charge in [0.1, 0.15) is 11.5 Å². The van der Waals surface area contributed by atoms with Gasteiger partial charge >= 0.3 is 0 Å². The molecule has 0 heterocycles. The van der Waals surface area contributed by atoms with Gasteiger partial charge in [0.25, 0.3) is 5.69 Å². The summed E-state index contributed by atoms with van der Waals surface area (Å²) in [4.78, 5) is 20.9. The highest BCUT2D eigenvalue weighted by Gasteiger charge is 2.15. The van der Waals surface area contributed by atoms with Gasteiger partial charge in [0.05, 0.1) is 20.5 Å². The van der Waals surface area contributed by atoms with Crippen LogP contribution < -0.4 is 4.74 Å². The number of benzene rings is 1. The van der Waals surface area contributed by atoms with E-state index in [-0.39, 0.29) is 18.1 Å². The number of nitrogens with zero attached hydrogens (tertiary/aromatic N) is 1. The van der Waals surface area contributed by atoms with Crippen molar-refractivity contribution >= 4 is 43.3 Å². The molecule has 5 nitrogen and oxygen atoms in total. The molecule has 0 spiro atoms. The lowest BCUT2D eigenvalue weighted by Gasteiger charge is -2.09. The summed E-state index contributed by atoms with van der Waals surface area (Å²) in [6.45, 7) is 1.72. The molecule has 92 valence electrons. The average Bonchev–Trinajstić information content (AvgIpc) is 2.21. The lowest BCUT2D eigenvalue weighted by molar-refractivity contribution is -0.385. The first-order valence-corrected chi connectivity index (χ1v) is 6.26. The van der Waals surface area contributed by atoms with Crippen LogP contribution in [0.2, 0.25) is 0 Å². The quantitative estimate of drug-likeness (QED) is 0.590. The zero-order valence-electron chi connectivity index (χ0n) is 8.91. The van der Waals surface area contributed by atoms with E-state index in [0.29, 0.717) is 21.1 Å². The Morgan fingerprint density at radius 1 is 1.41 bits per heavy atom. The van der Waals surface area contributed by atoms with Crippen molar-refractivity contribution in [1.29, 1.82) is 0 Å². The summed E-state index contributed by atoms with van der Waals surface area (Å²) in [5, 5.41) is 10.6. The molecule has 0 radical (unpaired) electrons. The first-order chi connectivity index (χ1) is 7.91. The number of nitro groups is 1. The van der Waals surface area contributed by atoms with Crippen LogP contribution in [0, 0.1) is 10.1 Å². The van der Waals surface area contributed by atoms with Crippen LogP contribution in [0.5, 0.6) is 5.75 Å². The van der Waals surface area contributed by atoms with Gasteiger partial charge in [0.15, 0.2) is 0 Å². The maximum absolute atomic E-state index is 10.8. The summed E-state index contributed by atoms with van der Waals surface area (Å²) in [5.41, 5.74) is -0.0392. The molecule has 0 fully saturated rings. The van der Waals surface area contributed by atoms with Crippen LogP contribution in [-0.4, -0.2) is 17.3 Å². The molecule has 1 aromatic rings. The molecule has 0 N–H and O–H groups in total. The molecule has 0 atom stereocenters. The molecule has 1 rings (SSSR count). The Balaban J connectivity index is 2.86. The van der Waals surface area contributed by atoms with Gasteiger partial charge in [0, 0.05) is 18.6 Å². The molecule has 0 bridgehead atoms. The normalized spacial score (nSPS) is 10.1. The molecular weight excluding hydrogens is 358 g/mol. The fourth-order valence-corrected chi connectivity index (χ4v) is 2.48. The number of carbonyl (C=O) groups is 1. The van der Waals surface area contributed by atoms with E-state index in [0.717, 1.165) is 0 Å². The second kappa shape index (κ2) is 6.11. The maximum atomic E-state index is 10.8. The van der Waals surface area contributed by atoms with E-state index in [9.17, 15) is 14.9 Å². The van der Waals surface area contributed by atoms with Crippen molar-refractivity contribution in [3.63, 3.8) is 0 Å². The standard InChI is InChI=1S/C10H9Br2NO4/c1-6(14)2-3-17-10-8(11)4-7(13(15)16)5-9(10)12/h4-5H,2-3H2,1H3. The van der Waals surface area contributed by atoms with Crippen LogP contribution >= 0.6 is 31.9 Å². The Morgan fingerprint density at radius 2 is 1.94 bits per heavy atom. The third-order valence-corrected chi connectivity index (χ3v) is 3.07. The van der Waals surface area contributed by atoms with Crippen LogP contribution in [0.4, 0.5) is 5.69 Å². The van der Waals surface area contributed by atoms with Crippen LogP contribution in [0.15, 0.2) is 21.1 Å². The molecule has 0 amide bonds. The average molecular weight is 367 g/mol. The van der Waals surface area contributed by atoms with Crippen LogP contribution in [0.3, 0.4) is 0 Å². The van der Waals surface area contributed by atoms with Crippen molar-refractivity contribution in [3.8, 4) is 5.75 Å². The minimum atomic E-state index is -0.491. The van der Waals surface area contributed by atoms with Crippen molar-refractivity contribution in [1.82, 2.24) is 0 Å². The fourth-order valence-electron chi connectivity index (χ4n) is 1.09. The Hall–Kier alpha value is -0.950. The van der Waals surface area contributed by atoms with E-state index >= 15 is 0 Å². The van der Waals surface area contributed by atoms with Gasteiger partial charge < -0.3 is 4.74 Å². The predicted molar refractivity (Wildman–Crippen MR) is 69.3 cm³/mol. The highest BCUT2D eigenvalue weighted by Crippen LogP contribution is 2.37. The summed E-state index contributed by atoms with van der Waals surface area (Å²) in [6.07, 6.45) is 0.301. The summed E-state index contributed by atoms with van der Waals surface area (Å²) in [7, 11) is 0. The van der Waals surface area contributed by atoms with E-state index in [2.05, 4.69) is 31.9 Å². The molecule has 7 heteroatoms. The van der Waals surface area contributed by atoms with Gasteiger partial charge in [-0.3, -0.25) is 14.9 Å². The number of non-ortho nitro benzene ring substituents is 1. The van der Waals surface area contributed by atoms with Gasteiger partial charge in [-0.1, -0.05) is 0 Å². The van der Waals surface area contributed by atoms with E-state index in [1.165, 1.54) is 19.1 Å². The first kappa shape index (κ1) is 14.1. The summed E-state index contributed by atoms with van der Waals surface area (Å²) >= 11 is 6.38. The van der Waals surface area contributed by atoms with Gasteiger partial charge in [-0.05, 0) is 38.8 Å². The van der Waals surface area contributed by atoms with Crippen LogP contribution in [-0.2, 0) is 4.79 Å². The second-order valence-electron chi connectivity index (χ2n) is 3.30. The number of Topliss-reactive ketones (excluding diaryl/α,β-unsaturated/α-hetero) is 1. The third kappa shape index (κ3) is 4.08. The number of nitro benzene ring substituents is 1. The lowest BCUT2D eigenvalue weighted by atomic mass is 10.3. The van der Waals surface area contributed by atoms with Gasteiger partial charge in [-0.15, -0.1) is 0 Å². The minimum Gasteiger partial charge on any atom is -0.491 e. The Morgan fingerprint density at radius 3 is 2.35 bits per heavy atom. The molecule has 0 aliphatic carbocycles. The number of rotatable bonds is 5. The van der Waals surface area contributed by atoms with Crippen molar-refractivity contribution in [3.05, 3.63) is 31.2 Å². The monoisotopic (exact) mass is 365 g/mol. The number of hydrogen-bond donors (Lipinski definition) is 0. The smallest absolute Gasteiger partial charge is 0.271 e. The van der Waals surface area contributed by atoms with E-state index in [1.54, 1.807) is 0 Å². The van der Waals surface area contributed by atoms with E-state index in [1.807, 2.05) is 0 Å². The fraction of sp³-hybridized carbons (Fsp3) is 0.300. The molecule has 17 heavy (non-hydrogen) atoms. The number of carbonyl (C=O) groups excluding carboxylic acids is 1. The van der Waals surface area contributed by atoms with E-state index < -0.39 is 4.92 Å². The highest BCUT2D eigenvalue weighted by molar-refractivity contribution is 9.11. The van der Waals surface area contributed by atoms with Crippen LogP contribution in [0.1, 0.15) is 13.3 Å². The second-order valence-corrected chi connectivity index (χ2v) is 5.00. The largest absolute Gasteiger partial charge is 0.491 e. The number of ether oxygens (including phenoxy) is 1. The number of hydrogen-bond acceptors (Lipinski definition) is 4. The molecular formula is C10H9Br2NO4. The molecule has 1 aromatic carbocycles. The highest BCUT2D eigenvalue weighted by atomic mass is 79.9. The maximum Gasteiger partial charge on any atom is 0.271 e. The Labute approximate surface area is 115 Å². The first-order valence-electron chi connectivity index (χ1n) is 4.67. The van der Waals surface area contributed by atoms with Crippen molar-refractivity contribution in [2.45, 2.75) is 13.3 Å². The zero-order valence-corrected chi connectivity index (χ0v) is 12.1.